The summed E-state index contributed by atoms with van der Waals surface area (Å²) in [7, 11) is 0. The highest BCUT2D eigenvalue weighted by atomic mass is 32.1. The van der Waals surface area contributed by atoms with Crippen LogP contribution in [0.1, 0.15) is 50.8 Å². The molecular formula is C25H32N4OS. The van der Waals surface area contributed by atoms with Gasteiger partial charge in [-0.25, -0.2) is 9.97 Å². The zero-order valence-corrected chi connectivity index (χ0v) is 19.9. The number of rotatable bonds is 6. The molecule has 0 unspecified atom stereocenters. The molecule has 164 valence electrons. The molecule has 1 aliphatic heterocycles. The first-order valence-corrected chi connectivity index (χ1v) is 11.8. The number of aromatic nitrogens is 2. The fourth-order valence-electron chi connectivity index (χ4n) is 3.94. The van der Waals surface area contributed by atoms with E-state index >= 15 is 0 Å². The Morgan fingerprint density at radius 1 is 1.16 bits per heavy atom. The van der Waals surface area contributed by atoms with E-state index in [-0.39, 0.29) is 5.41 Å². The number of hydrogen-bond acceptors (Lipinski definition) is 6. The fraction of sp³-hybridized carbons (Fsp3) is 0.440. The van der Waals surface area contributed by atoms with Crippen molar-refractivity contribution in [2.45, 2.75) is 53.0 Å². The summed E-state index contributed by atoms with van der Waals surface area (Å²) in [4.78, 5) is 13.3. The van der Waals surface area contributed by atoms with E-state index in [0.717, 1.165) is 48.2 Å². The van der Waals surface area contributed by atoms with Crippen LogP contribution in [0.4, 0.5) is 10.8 Å². The molecule has 1 aromatic carbocycles. The highest BCUT2D eigenvalue weighted by Crippen LogP contribution is 2.37. The Balaban J connectivity index is 1.54. The van der Waals surface area contributed by atoms with Crippen LogP contribution in [0, 0.1) is 5.92 Å². The zero-order chi connectivity index (χ0) is 22.0. The van der Waals surface area contributed by atoms with Crippen molar-refractivity contribution in [3.63, 3.8) is 0 Å². The predicted octanol–water partition coefficient (Wildman–Crippen LogP) is 6.39. The van der Waals surface area contributed by atoms with Crippen molar-refractivity contribution in [3.05, 3.63) is 58.7 Å². The van der Waals surface area contributed by atoms with Gasteiger partial charge >= 0.3 is 0 Å². The van der Waals surface area contributed by atoms with E-state index in [4.69, 9.17) is 9.72 Å². The predicted molar refractivity (Wildman–Crippen MR) is 129 cm³/mol. The minimum atomic E-state index is -0.0187. The van der Waals surface area contributed by atoms with Crippen LogP contribution in [-0.4, -0.2) is 28.0 Å². The maximum Gasteiger partial charge on any atom is 0.243 e. The zero-order valence-electron chi connectivity index (χ0n) is 19.1. The van der Waals surface area contributed by atoms with Gasteiger partial charge in [0.25, 0.3) is 0 Å². The highest BCUT2D eigenvalue weighted by Gasteiger charge is 2.23. The van der Waals surface area contributed by atoms with Gasteiger partial charge in [0.15, 0.2) is 5.13 Å². The Kier molecular flexibility index (Phi) is 6.30. The first kappa shape index (κ1) is 21.8. The van der Waals surface area contributed by atoms with Crippen molar-refractivity contribution in [2.24, 2.45) is 5.92 Å². The number of benzene rings is 1. The van der Waals surface area contributed by atoms with Crippen molar-refractivity contribution < 1.29 is 4.74 Å². The molecule has 4 rings (SSSR count). The summed E-state index contributed by atoms with van der Waals surface area (Å²) in [6, 6.07) is 12.1. The molecular weight excluding hydrogens is 404 g/mol. The maximum atomic E-state index is 6.30. The van der Waals surface area contributed by atoms with Crippen LogP contribution >= 0.6 is 11.3 Å². The number of para-hydroxylation sites is 1. The largest absolute Gasteiger partial charge is 0.437 e. The van der Waals surface area contributed by atoms with Crippen LogP contribution < -0.4 is 10.1 Å². The molecule has 0 saturated carbocycles. The molecule has 2 aromatic heterocycles. The van der Waals surface area contributed by atoms with Gasteiger partial charge in [0.05, 0.1) is 5.69 Å². The van der Waals surface area contributed by atoms with Crippen molar-refractivity contribution in [2.75, 3.05) is 18.4 Å². The summed E-state index contributed by atoms with van der Waals surface area (Å²) < 4.78 is 6.30. The van der Waals surface area contributed by atoms with Gasteiger partial charge in [0, 0.05) is 42.7 Å². The second kappa shape index (κ2) is 8.97. The first-order valence-electron chi connectivity index (χ1n) is 11.0. The molecule has 3 heterocycles. The van der Waals surface area contributed by atoms with Crippen LogP contribution in [0.5, 0.6) is 11.6 Å². The number of pyridine rings is 1. The fourth-order valence-corrected chi connectivity index (χ4v) is 5.00. The number of nitrogens with one attached hydrogen (secondary N) is 1. The van der Waals surface area contributed by atoms with Gasteiger partial charge in [0.2, 0.25) is 5.88 Å². The molecule has 0 saturated heterocycles. The van der Waals surface area contributed by atoms with Gasteiger partial charge in [-0.15, -0.1) is 11.3 Å². The molecule has 3 aromatic rings. The second-order valence-electron chi connectivity index (χ2n) is 9.60. The average Bonchev–Trinajstić information content (AvgIpc) is 3.10. The Morgan fingerprint density at radius 3 is 2.74 bits per heavy atom. The second-order valence-corrected chi connectivity index (χ2v) is 10.7. The van der Waals surface area contributed by atoms with Crippen LogP contribution in [-0.2, 0) is 18.4 Å². The third-order valence-electron chi connectivity index (χ3n) is 5.35. The summed E-state index contributed by atoms with van der Waals surface area (Å²) in [6.45, 7) is 14.3. The van der Waals surface area contributed by atoms with Gasteiger partial charge in [-0.3, -0.25) is 4.90 Å². The topological polar surface area (TPSA) is 50.3 Å². The molecule has 0 spiro atoms. The number of ether oxygens (including phenoxy) is 1. The Bertz CT molecular complexity index is 1040. The van der Waals surface area contributed by atoms with Crippen LogP contribution in [0.15, 0.2) is 42.6 Å². The molecule has 6 heteroatoms. The summed E-state index contributed by atoms with van der Waals surface area (Å²) in [5.41, 5.74) is 3.18. The summed E-state index contributed by atoms with van der Waals surface area (Å²) >= 11 is 1.74. The average molecular weight is 437 g/mol. The first-order chi connectivity index (χ1) is 14.8. The molecule has 1 N–H and O–H groups in total. The van der Waals surface area contributed by atoms with Gasteiger partial charge in [-0.1, -0.05) is 52.8 Å². The monoisotopic (exact) mass is 436 g/mol. The van der Waals surface area contributed by atoms with E-state index in [1.807, 2.05) is 30.3 Å². The maximum absolute atomic E-state index is 6.30. The molecule has 5 nitrogen and oxygen atoms in total. The van der Waals surface area contributed by atoms with Crippen molar-refractivity contribution in [1.29, 1.82) is 0 Å². The van der Waals surface area contributed by atoms with Gasteiger partial charge < -0.3 is 10.1 Å². The summed E-state index contributed by atoms with van der Waals surface area (Å²) in [5, 5.41) is 4.37. The number of anilines is 2. The lowest BCUT2D eigenvalue weighted by atomic mass is 9.86. The Labute approximate surface area is 189 Å². The number of nitrogens with zero attached hydrogens (tertiary/aromatic N) is 3. The molecule has 0 atom stereocenters. The van der Waals surface area contributed by atoms with Crippen molar-refractivity contribution in [3.8, 4) is 11.6 Å². The van der Waals surface area contributed by atoms with Crippen LogP contribution in [0.3, 0.4) is 0 Å². The van der Waals surface area contributed by atoms with Crippen LogP contribution in [0.2, 0.25) is 0 Å². The van der Waals surface area contributed by atoms with Crippen molar-refractivity contribution in [1.82, 2.24) is 14.9 Å². The molecule has 0 aliphatic carbocycles. The van der Waals surface area contributed by atoms with E-state index in [9.17, 15) is 0 Å². The third-order valence-corrected chi connectivity index (χ3v) is 6.35. The molecule has 0 fully saturated rings. The van der Waals surface area contributed by atoms with Gasteiger partial charge in [0.1, 0.15) is 11.4 Å². The van der Waals surface area contributed by atoms with Crippen molar-refractivity contribution >= 4 is 22.2 Å². The Morgan fingerprint density at radius 2 is 1.97 bits per heavy atom. The quantitative estimate of drug-likeness (QED) is 0.485. The minimum absolute atomic E-state index is 0.0187. The molecule has 0 radical (unpaired) electrons. The summed E-state index contributed by atoms with van der Waals surface area (Å²) in [6.07, 6.45) is 2.77. The van der Waals surface area contributed by atoms with E-state index in [0.29, 0.717) is 11.8 Å². The summed E-state index contributed by atoms with van der Waals surface area (Å²) in [5.74, 6) is 2.08. The van der Waals surface area contributed by atoms with Crippen LogP contribution in [0.25, 0.3) is 0 Å². The highest BCUT2D eigenvalue weighted by molar-refractivity contribution is 7.15. The van der Waals surface area contributed by atoms with E-state index in [2.05, 4.69) is 55.9 Å². The lowest BCUT2D eigenvalue weighted by Gasteiger charge is -2.27. The van der Waals surface area contributed by atoms with E-state index < -0.39 is 0 Å². The van der Waals surface area contributed by atoms with Gasteiger partial charge in [-0.2, -0.15) is 0 Å². The SMILES string of the molecule is CC(C)CN1CCc2nc(Nc3cccnc3Oc3ccccc3C(C)(C)C)sc2C1. The molecule has 1 aliphatic rings. The number of fused-ring (bicyclic) bond motifs is 1. The lowest BCUT2D eigenvalue weighted by molar-refractivity contribution is 0.228. The molecule has 31 heavy (non-hydrogen) atoms. The molecule has 0 bridgehead atoms. The molecule has 0 amide bonds. The van der Waals surface area contributed by atoms with Gasteiger partial charge in [-0.05, 0) is 29.5 Å². The minimum Gasteiger partial charge on any atom is -0.437 e. The van der Waals surface area contributed by atoms with E-state index in [1.54, 1.807) is 17.5 Å². The number of hydrogen-bond donors (Lipinski definition) is 1. The third kappa shape index (κ3) is 5.25. The number of thiazole rings is 1. The Hall–Kier alpha value is -2.44. The van der Waals surface area contributed by atoms with E-state index in [1.165, 1.54) is 10.6 Å². The smallest absolute Gasteiger partial charge is 0.243 e. The standard InChI is InChI=1S/C25H32N4OS/c1-17(2)15-29-14-12-19-22(16-29)31-24(27-19)28-20-10-8-13-26-23(20)30-21-11-7-6-9-18(21)25(3,4)5/h6-11,13,17H,12,14-16H2,1-5H3,(H,27,28). The lowest BCUT2D eigenvalue weighted by Crippen LogP contribution is -2.32. The normalized spacial score (nSPS) is 14.5.